The summed E-state index contributed by atoms with van der Waals surface area (Å²) in [5, 5.41) is 6.88. The van der Waals surface area contributed by atoms with Crippen LogP contribution in [0, 0.1) is 6.92 Å². The second kappa shape index (κ2) is 11.1. The molecule has 0 unspecified atom stereocenters. The highest BCUT2D eigenvalue weighted by Gasteiger charge is 2.18. The van der Waals surface area contributed by atoms with Crippen molar-refractivity contribution in [2.45, 2.75) is 39.3 Å². The lowest BCUT2D eigenvalue weighted by Gasteiger charge is -2.29. The van der Waals surface area contributed by atoms with E-state index in [1.807, 2.05) is 43.3 Å². The van der Waals surface area contributed by atoms with Crippen LogP contribution < -0.4 is 15.4 Å². The van der Waals surface area contributed by atoms with Crippen LogP contribution in [-0.4, -0.2) is 48.8 Å². The van der Waals surface area contributed by atoms with Gasteiger partial charge in [-0.15, -0.1) is 0 Å². The summed E-state index contributed by atoms with van der Waals surface area (Å²) in [5.41, 5.74) is 3.23. The molecule has 2 aromatic carbocycles. The Hall–Kier alpha value is -2.64. The molecular formula is C24H31N3O3S. The molecule has 2 N–H and O–H groups in total. The minimum atomic E-state index is -0.329. The highest BCUT2D eigenvalue weighted by molar-refractivity contribution is 7.80. The lowest BCUT2D eigenvalue weighted by Crippen LogP contribution is -2.35. The van der Waals surface area contributed by atoms with Gasteiger partial charge in [0, 0.05) is 25.3 Å². The number of nitrogens with zero attached hydrogens (tertiary/aromatic N) is 1. The summed E-state index contributed by atoms with van der Waals surface area (Å²) in [5.74, 6) is 0.579. The fraction of sp³-hybridized carbons (Fsp3) is 0.417. The Kier molecular flexibility index (Phi) is 8.26. The smallest absolute Gasteiger partial charge is 0.338 e. The zero-order chi connectivity index (χ0) is 22.2. The first-order valence-electron chi connectivity index (χ1n) is 10.7. The summed E-state index contributed by atoms with van der Waals surface area (Å²) < 4.78 is 11.2. The van der Waals surface area contributed by atoms with Crippen LogP contribution in [0.2, 0.25) is 0 Å². The Morgan fingerprint density at radius 3 is 2.55 bits per heavy atom. The Labute approximate surface area is 189 Å². The molecule has 0 amide bonds. The van der Waals surface area contributed by atoms with Crippen LogP contribution in [0.3, 0.4) is 0 Å². The van der Waals surface area contributed by atoms with E-state index in [-0.39, 0.29) is 5.97 Å². The molecule has 1 fully saturated rings. The van der Waals surface area contributed by atoms with Gasteiger partial charge < -0.3 is 25.0 Å². The van der Waals surface area contributed by atoms with Crippen molar-refractivity contribution in [3.8, 4) is 5.75 Å². The van der Waals surface area contributed by atoms with Crippen LogP contribution in [0.25, 0.3) is 0 Å². The number of esters is 1. The first-order valence-corrected chi connectivity index (χ1v) is 11.1. The molecule has 0 aromatic heterocycles. The van der Waals surface area contributed by atoms with Crippen LogP contribution >= 0.6 is 12.2 Å². The van der Waals surface area contributed by atoms with E-state index in [4.69, 9.17) is 21.7 Å². The predicted octanol–water partition coefficient (Wildman–Crippen LogP) is 4.13. The maximum Gasteiger partial charge on any atom is 0.338 e. The third-order valence-electron chi connectivity index (χ3n) is 5.42. The maximum atomic E-state index is 12.1. The van der Waals surface area contributed by atoms with Gasteiger partial charge in [-0.05, 0) is 81.3 Å². The Bertz CT molecular complexity index is 893. The number of anilines is 1. The van der Waals surface area contributed by atoms with Gasteiger partial charge in [0.05, 0.1) is 12.2 Å². The monoisotopic (exact) mass is 441 g/mol. The molecule has 3 rings (SSSR count). The van der Waals surface area contributed by atoms with Gasteiger partial charge in [-0.2, -0.15) is 0 Å². The molecule has 1 saturated heterocycles. The minimum absolute atomic E-state index is 0.297. The van der Waals surface area contributed by atoms with E-state index in [9.17, 15) is 4.79 Å². The van der Waals surface area contributed by atoms with Crippen molar-refractivity contribution in [1.82, 2.24) is 10.2 Å². The molecule has 6 nitrogen and oxygen atoms in total. The van der Waals surface area contributed by atoms with Gasteiger partial charge in [-0.3, -0.25) is 0 Å². The number of thiocarbonyl (C=S) groups is 1. The quantitative estimate of drug-likeness (QED) is 0.495. The Balaban J connectivity index is 1.50. The van der Waals surface area contributed by atoms with E-state index in [0.29, 0.717) is 29.9 Å². The van der Waals surface area contributed by atoms with E-state index in [1.165, 1.54) is 0 Å². The molecule has 0 spiro atoms. The van der Waals surface area contributed by atoms with E-state index < -0.39 is 0 Å². The second-order valence-corrected chi connectivity index (χ2v) is 8.18. The largest absolute Gasteiger partial charge is 0.490 e. The summed E-state index contributed by atoms with van der Waals surface area (Å²) in [6.45, 7) is 6.77. The van der Waals surface area contributed by atoms with E-state index >= 15 is 0 Å². The molecule has 1 aliphatic heterocycles. The van der Waals surface area contributed by atoms with E-state index in [0.717, 1.165) is 48.5 Å². The first kappa shape index (κ1) is 23.0. The summed E-state index contributed by atoms with van der Waals surface area (Å²) in [4.78, 5) is 14.4. The molecule has 2 aromatic rings. The number of likely N-dealkylation sites (tertiary alicyclic amines) is 1. The fourth-order valence-electron chi connectivity index (χ4n) is 3.53. The number of ether oxygens (including phenoxy) is 2. The number of hydrogen-bond donors (Lipinski definition) is 2. The Morgan fingerprint density at radius 2 is 1.87 bits per heavy atom. The number of nitrogens with one attached hydrogen (secondary N) is 2. The fourth-order valence-corrected chi connectivity index (χ4v) is 3.71. The second-order valence-electron chi connectivity index (χ2n) is 7.77. The minimum Gasteiger partial charge on any atom is -0.490 e. The number of benzene rings is 2. The summed E-state index contributed by atoms with van der Waals surface area (Å²) in [6.07, 6.45) is 2.43. The number of piperidine rings is 1. The van der Waals surface area contributed by atoms with Crippen molar-refractivity contribution >= 4 is 29.0 Å². The molecule has 0 bridgehead atoms. The van der Waals surface area contributed by atoms with Gasteiger partial charge >= 0.3 is 5.97 Å². The summed E-state index contributed by atoms with van der Waals surface area (Å²) in [6, 6.07) is 13.6. The zero-order valence-corrected chi connectivity index (χ0v) is 19.3. The third-order valence-corrected chi connectivity index (χ3v) is 5.67. The van der Waals surface area contributed by atoms with Crippen molar-refractivity contribution in [3.63, 3.8) is 0 Å². The van der Waals surface area contributed by atoms with Crippen LogP contribution in [0.4, 0.5) is 5.69 Å². The molecule has 0 saturated carbocycles. The number of carbonyl (C=O) groups is 1. The van der Waals surface area contributed by atoms with Gasteiger partial charge in [-0.25, -0.2) is 4.79 Å². The van der Waals surface area contributed by atoms with Gasteiger partial charge in [0.1, 0.15) is 11.9 Å². The summed E-state index contributed by atoms with van der Waals surface area (Å²) >= 11 is 5.43. The highest BCUT2D eigenvalue weighted by atomic mass is 32.1. The molecule has 1 aliphatic rings. The number of carbonyl (C=O) groups excluding carboxylic acids is 1. The van der Waals surface area contributed by atoms with Crippen molar-refractivity contribution in [2.75, 3.05) is 32.1 Å². The van der Waals surface area contributed by atoms with Crippen molar-refractivity contribution in [1.29, 1.82) is 0 Å². The van der Waals surface area contributed by atoms with Crippen LogP contribution in [0.5, 0.6) is 5.75 Å². The lowest BCUT2D eigenvalue weighted by molar-refractivity contribution is 0.0525. The van der Waals surface area contributed by atoms with Gasteiger partial charge in [0.2, 0.25) is 0 Å². The highest BCUT2D eigenvalue weighted by Crippen LogP contribution is 2.21. The number of rotatable bonds is 7. The normalized spacial score (nSPS) is 14.7. The van der Waals surface area contributed by atoms with Gasteiger partial charge in [0.25, 0.3) is 0 Å². The van der Waals surface area contributed by atoms with Crippen molar-refractivity contribution in [3.05, 3.63) is 59.2 Å². The van der Waals surface area contributed by atoms with Crippen molar-refractivity contribution < 1.29 is 14.3 Å². The SMILES string of the molecule is CCOC(=O)c1cccc(NC(=S)NCc2ccc(OC3CCN(C)CC3)cc2)c1C. The number of hydrogen-bond acceptors (Lipinski definition) is 5. The van der Waals surface area contributed by atoms with Crippen LogP contribution in [0.15, 0.2) is 42.5 Å². The molecule has 0 aliphatic carbocycles. The van der Waals surface area contributed by atoms with Crippen molar-refractivity contribution in [2.24, 2.45) is 0 Å². The zero-order valence-electron chi connectivity index (χ0n) is 18.4. The molecule has 7 heteroatoms. The predicted molar refractivity (Wildman–Crippen MR) is 128 cm³/mol. The van der Waals surface area contributed by atoms with Gasteiger partial charge in [0.15, 0.2) is 5.11 Å². The molecule has 0 radical (unpaired) electrons. The van der Waals surface area contributed by atoms with Crippen LogP contribution in [-0.2, 0) is 11.3 Å². The molecular weight excluding hydrogens is 410 g/mol. The first-order chi connectivity index (χ1) is 15.0. The molecule has 0 atom stereocenters. The maximum absolute atomic E-state index is 12.1. The third kappa shape index (κ3) is 6.67. The van der Waals surface area contributed by atoms with Crippen LogP contribution in [0.1, 0.15) is 41.3 Å². The van der Waals surface area contributed by atoms with E-state index in [2.05, 4.69) is 22.6 Å². The van der Waals surface area contributed by atoms with Gasteiger partial charge in [-0.1, -0.05) is 18.2 Å². The average Bonchev–Trinajstić information content (AvgIpc) is 2.76. The topological polar surface area (TPSA) is 62.8 Å². The average molecular weight is 442 g/mol. The Morgan fingerprint density at radius 1 is 1.16 bits per heavy atom. The van der Waals surface area contributed by atoms with E-state index in [1.54, 1.807) is 13.0 Å². The standard InChI is InChI=1S/C24H31N3O3S/c1-4-29-23(28)21-6-5-7-22(17(21)2)26-24(31)25-16-18-8-10-19(11-9-18)30-20-12-14-27(3)15-13-20/h5-11,20H,4,12-16H2,1-3H3,(H2,25,26,31). The molecule has 31 heavy (non-hydrogen) atoms. The summed E-state index contributed by atoms with van der Waals surface area (Å²) in [7, 11) is 2.15. The molecule has 1 heterocycles. The molecule has 166 valence electrons. The lowest BCUT2D eigenvalue weighted by atomic mass is 10.1.